The Morgan fingerprint density at radius 3 is 2.12 bits per heavy atom. The zero-order valence-corrected chi connectivity index (χ0v) is 13.9. The topological polar surface area (TPSA) is 76.5 Å². The van der Waals surface area contributed by atoms with Crippen molar-refractivity contribution in [2.24, 2.45) is 0 Å². The van der Waals surface area contributed by atoms with Crippen molar-refractivity contribution in [1.29, 1.82) is 0 Å². The van der Waals surface area contributed by atoms with E-state index in [1.165, 1.54) is 0 Å². The number of aromatic nitrogens is 5. The van der Waals surface area contributed by atoms with Crippen LogP contribution in [0.2, 0.25) is 0 Å². The van der Waals surface area contributed by atoms with Gasteiger partial charge in [0.1, 0.15) is 11.5 Å². The van der Waals surface area contributed by atoms with Crippen LogP contribution in [0.1, 0.15) is 5.56 Å². The third-order valence-corrected chi connectivity index (χ3v) is 3.77. The van der Waals surface area contributed by atoms with E-state index in [1.807, 2.05) is 54.6 Å². The second kappa shape index (κ2) is 7.48. The minimum atomic E-state index is 0.561. The van der Waals surface area contributed by atoms with Gasteiger partial charge < -0.3 is 5.32 Å². The Balaban J connectivity index is 1.70. The lowest BCUT2D eigenvalue weighted by Gasteiger charge is -2.10. The molecule has 0 radical (unpaired) electrons. The van der Waals surface area contributed by atoms with Gasteiger partial charge in [0.25, 0.3) is 0 Å². The Hall–Kier alpha value is -3.67. The van der Waals surface area contributed by atoms with E-state index in [9.17, 15) is 0 Å². The van der Waals surface area contributed by atoms with Crippen molar-refractivity contribution in [2.45, 2.75) is 6.54 Å². The summed E-state index contributed by atoms with van der Waals surface area (Å²) in [4.78, 5) is 22.1. The molecule has 0 aromatic carbocycles. The highest BCUT2D eigenvalue weighted by molar-refractivity contribution is 5.63. The number of hydrogen-bond acceptors (Lipinski definition) is 6. The van der Waals surface area contributed by atoms with Crippen LogP contribution in [0, 0.1) is 0 Å². The van der Waals surface area contributed by atoms with Crippen LogP contribution in [0.15, 0.2) is 79.4 Å². The molecule has 0 aliphatic rings. The summed E-state index contributed by atoms with van der Waals surface area (Å²) in [7, 11) is 0. The molecule has 0 atom stereocenters. The Labute approximate surface area is 151 Å². The van der Waals surface area contributed by atoms with Gasteiger partial charge in [-0.3, -0.25) is 15.0 Å². The third-order valence-electron chi connectivity index (χ3n) is 3.77. The monoisotopic (exact) mass is 340 g/mol. The van der Waals surface area contributed by atoms with Crippen molar-refractivity contribution in [3.63, 3.8) is 0 Å². The molecule has 6 heteroatoms. The summed E-state index contributed by atoms with van der Waals surface area (Å²) in [6, 6.07) is 17.3. The first-order valence-electron chi connectivity index (χ1n) is 8.23. The summed E-state index contributed by atoms with van der Waals surface area (Å²) in [6.07, 6.45) is 7.03. The largest absolute Gasteiger partial charge is 0.366 e. The lowest BCUT2D eigenvalue weighted by molar-refractivity contribution is 1.07. The fourth-order valence-corrected chi connectivity index (χ4v) is 2.49. The Morgan fingerprint density at radius 1 is 0.692 bits per heavy atom. The molecule has 0 amide bonds. The molecule has 0 unspecified atom stereocenters. The fraction of sp³-hybridized carbons (Fsp3) is 0.0500. The summed E-state index contributed by atoms with van der Waals surface area (Å²) in [6.45, 7) is 0.642. The van der Waals surface area contributed by atoms with E-state index in [2.05, 4.69) is 30.2 Å². The smallest absolute Gasteiger partial charge is 0.180 e. The minimum absolute atomic E-state index is 0.561. The molecule has 126 valence electrons. The molecular formula is C20H16N6. The summed E-state index contributed by atoms with van der Waals surface area (Å²) in [5, 5.41) is 3.35. The van der Waals surface area contributed by atoms with E-state index >= 15 is 0 Å². The standard InChI is InChI=1S/C20H16N6/c1-3-9-22-16(5-1)18-13-19(24-14-15-7-11-21-12-8-15)26-20(25-18)17-6-2-4-10-23-17/h1-13H,14H2,(H,24,25,26). The summed E-state index contributed by atoms with van der Waals surface area (Å²) < 4.78 is 0. The lowest BCUT2D eigenvalue weighted by atomic mass is 10.2. The Kier molecular flexibility index (Phi) is 4.56. The van der Waals surface area contributed by atoms with Gasteiger partial charge in [0.15, 0.2) is 5.82 Å². The molecule has 26 heavy (non-hydrogen) atoms. The van der Waals surface area contributed by atoms with E-state index in [-0.39, 0.29) is 0 Å². The zero-order valence-electron chi connectivity index (χ0n) is 13.9. The number of pyridine rings is 3. The van der Waals surface area contributed by atoms with Crippen molar-refractivity contribution in [2.75, 3.05) is 5.32 Å². The molecule has 4 heterocycles. The van der Waals surface area contributed by atoms with Gasteiger partial charge in [-0.15, -0.1) is 0 Å². The SMILES string of the molecule is c1ccc(-c2cc(NCc3ccncc3)nc(-c3ccccn3)n2)nc1. The van der Waals surface area contributed by atoms with Crippen LogP contribution >= 0.6 is 0 Å². The van der Waals surface area contributed by atoms with Gasteiger partial charge in [-0.1, -0.05) is 12.1 Å². The molecule has 0 aliphatic heterocycles. The highest BCUT2D eigenvalue weighted by Gasteiger charge is 2.10. The van der Waals surface area contributed by atoms with Crippen LogP contribution < -0.4 is 5.32 Å². The molecule has 0 aliphatic carbocycles. The number of nitrogens with zero attached hydrogens (tertiary/aromatic N) is 5. The Morgan fingerprint density at radius 2 is 1.42 bits per heavy atom. The molecule has 0 bridgehead atoms. The average Bonchev–Trinajstić information content (AvgIpc) is 2.74. The van der Waals surface area contributed by atoms with Crippen molar-refractivity contribution >= 4 is 5.82 Å². The maximum absolute atomic E-state index is 4.64. The van der Waals surface area contributed by atoms with Gasteiger partial charge in [0, 0.05) is 37.4 Å². The molecule has 1 N–H and O–H groups in total. The third kappa shape index (κ3) is 3.70. The lowest BCUT2D eigenvalue weighted by Crippen LogP contribution is -2.04. The first-order chi connectivity index (χ1) is 12.9. The molecule has 0 saturated carbocycles. The van der Waals surface area contributed by atoms with Gasteiger partial charge in [0.2, 0.25) is 0 Å². The van der Waals surface area contributed by atoms with E-state index < -0.39 is 0 Å². The second-order valence-corrected chi connectivity index (χ2v) is 5.60. The molecule has 0 fully saturated rings. The van der Waals surface area contributed by atoms with Gasteiger partial charge in [-0.05, 0) is 42.0 Å². The van der Waals surface area contributed by atoms with Crippen molar-refractivity contribution in [3.05, 3.63) is 84.9 Å². The highest BCUT2D eigenvalue weighted by atomic mass is 15.0. The molecule has 6 nitrogen and oxygen atoms in total. The Bertz CT molecular complexity index is 917. The van der Waals surface area contributed by atoms with Crippen LogP contribution in [0.5, 0.6) is 0 Å². The van der Waals surface area contributed by atoms with E-state index in [1.54, 1.807) is 24.8 Å². The molecule has 4 rings (SSSR count). The van der Waals surface area contributed by atoms with Gasteiger partial charge >= 0.3 is 0 Å². The second-order valence-electron chi connectivity index (χ2n) is 5.60. The van der Waals surface area contributed by atoms with Crippen LogP contribution in [0.4, 0.5) is 5.82 Å². The predicted octanol–water partition coefficient (Wildman–Crippen LogP) is 3.61. The molecule has 4 aromatic rings. The number of anilines is 1. The van der Waals surface area contributed by atoms with Crippen molar-refractivity contribution in [3.8, 4) is 22.9 Å². The highest BCUT2D eigenvalue weighted by Crippen LogP contribution is 2.22. The van der Waals surface area contributed by atoms with Crippen LogP contribution in [-0.2, 0) is 6.54 Å². The van der Waals surface area contributed by atoms with Gasteiger partial charge in [-0.2, -0.15) is 0 Å². The van der Waals surface area contributed by atoms with Crippen molar-refractivity contribution in [1.82, 2.24) is 24.9 Å². The first kappa shape index (κ1) is 15.8. The van der Waals surface area contributed by atoms with E-state index in [0.717, 1.165) is 28.5 Å². The molecule has 4 aromatic heterocycles. The number of hydrogen-bond donors (Lipinski definition) is 1. The van der Waals surface area contributed by atoms with Crippen LogP contribution in [-0.4, -0.2) is 24.9 Å². The van der Waals surface area contributed by atoms with E-state index in [0.29, 0.717) is 12.4 Å². The van der Waals surface area contributed by atoms with Crippen molar-refractivity contribution < 1.29 is 0 Å². The number of nitrogens with one attached hydrogen (secondary N) is 1. The quantitative estimate of drug-likeness (QED) is 0.598. The molecule has 0 saturated heterocycles. The number of rotatable bonds is 5. The maximum Gasteiger partial charge on any atom is 0.180 e. The van der Waals surface area contributed by atoms with E-state index in [4.69, 9.17) is 0 Å². The molecular weight excluding hydrogens is 324 g/mol. The van der Waals surface area contributed by atoms with Crippen LogP contribution in [0.25, 0.3) is 22.9 Å². The minimum Gasteiger partial charge on any atom is -0.366 e. The summed E-state index contributed by atoms with van der Waals surface area (Å²) in [5.41, 5.74) is 3.38. The van der Waals surface area contributed by atoms with Gasteiger partial charge in [0.05, 0.1) is 11.4 Å². The molecule has 0 spiro atoms. The maximum atomic E-state index is 4.64. The summed E-state index contributed by atoms with van der Waals surface area (Å²) in [5.74, 6) is 1.28. The normalized spacial score (nSPS) is 10.5. The first-order valence-corrected chi connectivity index (χ1v) is 8.23. The van der Waals surface area contributed by atoms with Gasteiger partial charge in [-0.25, -0.2) is 9.97 Å². The van der Waals surface area contributed by atoms with Crippen LogP contribution in [0.3, 0.4) is 0 Å². The summed E-state index contributed by atoms with van der Waals surface area (Å²) >= 11 is 0. The average molecular weight is 340 g/mol. The zero-order chi connectivity index (χ0) is 17.6. The fourth-order valence-electron chi connectivity index (χ4n) is 2.49. The predicted molar refractivity (Wildman–Crippen MR) is 100 cm³/mol.